The molecule has 2 N–H and O–H groups in total. The Kier molecular flexibility index (Phi) is 9.24. The molecule has 0 spiro atoms. The zero-order chi connectivity index (χ0) is 15.0. The van der Waals surface area contributed by atoms with Crippen molar-refractivity contribution < 1.29 is 19.8 Å². The summed E-state index contributed by atoms with van der Waals surface area (Å²) in [6.45, 7) is 2.45. The molecule has 0 aromatic heterocycles. The summed E-state index contributed by atoms with van der Waals surface area (Å²) in [5, 5.41) is 16.5. The Morgan fingerprint density at radius 3 is 1.47 bits per heavy atom. The number of aliphatic carboxylic acids is 2. The summed E-state index contributed by atoms with van der Waals surface area (Å²) in [7, 11) is 12.8. The van der Waals surface area contributed by atoms with Crippen molar-refractivity contribution in [3.63, 3.8) is 0 Å². The minimum Gasteiger partial charge on any atom is -0.473 e. The van der Waals surface area contributed by atoms with Crippen molar-refractivity contribution in [2.75, 3.05) is 41.3 Å². The van der Waals surface area contributed by atoms with Crippen molar-refractivity contribution >= 4 is 33.5 Å². The molecule has 19 heavy (non-hydrogen) atoms. The Morgan fingerprint density at radius 2 is 1.26 bits per heavy atom. The van der Waals surface area contributed by atoms with Crippen molar-refractivity contribution in [1.29, 1.82) is 0 Å². The van der Waals surface area contributed by atoms with E-state index in [0.29, 0.717) is 0 Å². The molecule has 0 aromatic carbocycles. The minimum atomic E-state index is -1.82. The van der Waals surface area contributed by atoms with Gasteiger partial charge < -0.3 is 20.0 Å². The monoisotopic (exact) mass is 310 g/mol. The molecule has 1 saturated heterocycles. The van der Waals surface area contributed by atoms with Gasteiger partial charge in [0.05, 0.1) is 0 Å². The standard InChI is InChI=1S/C9H20N2S2.C2H2O4/c1-10(2)6-8-5-9(13-12-8)7-11(3)4;3-1(4)2(5)6/h8-9H,5-7H2,1-4H3;(H,3,4)(H,5,6)/t8-,9+;. The van der Waals surface area contributed by atoms with E-state index in [4.69, 9.17) is 19.8 Å². The van der Waals surface area contributed by atoms with E-state index in [2.05, 4.69) is 59.6 Å². The summed E-state index contributed by atoms with van der Waals surface area (Å²) in [6.07, 6.45) is 1.37. The van der Waals surface area contributed by atoms with Crippen molar-refractivity contribution in [1.82, 2.24) is 9.80 Å². The molecule has 8 heteroatoms. The lowest BCUT2D eigenvalue weighted by Crippen LogP contribution is -2.26. The van der Waals surface area contributed by atoms with Crippen LogP contribution in [0.1, 0.15) is 6.42 Å². The molecule has 1 heterocycles. The molecule has 0 aromatic rings. The second-order valence-corrected chi connectivity index (χ2v) is 7.68. The van der Waals surface area contributed by atoms with Gasteiger partial charge in [0.15, 0.2) is 0 Å². The van der Waals surface area contributed by atoms with Crippen LogP contribution in [-0.2, 0) is 9.59 Å². The lowest BCUT2D eigenvalue weighted by Gasteiger charge is -2.16. The maximum absolute atomic E-state index is 9.10. The number of rotatable bonds is 4. The van der Waals surface area contributed by atoms with Crippen molar-refractivity contribution in [3.8, 4) is 0 Å². The maximum Gasteiger partial charge on any atom is 0.414 e. The molecule has 112 valence electrons. The average molecular weight is 310 g/mol. The van der Waals surface area contributed by atoms with Gasteiger partial charge in [-0.15, -0.1) is 0 Å². The van der Waals surface area contributed by atoms with E-state index in [9.17, 15) is 0 Å². The fraction of sp³-hybridized carbons (Fsp3) is 0.818. The lowest BCUT2D eigenvalue weighted by atomic mass is 10.2. The molecule has 0 unspecified atom stereocenters. The summed E-state index contributed by atoms with van der Waals surface area (Å²) in [5.74, 6) is -3.65. The van der Waals surface area contributed by atoms with E-state index < -0.39 is 11.9 Å². The molecule has 0 radical (unpaired) electrons. The van der Waals surface area contributed by atoms with Crippen LogP contribution in [0.3, 0.4) is 0 Å². The Hall–Kier alpha value is -0.440. The largest absolute Gasteiger partial charge is 0.473 e. The number of hydrogen-bond acceptors (Lipinski definition) is 6. The van der Waals surface area contributed by atoms with E-state index in [1.54, 1.807) is 0 Å². The van der Waals surface area contributed by atoms with E-state index in [-0.39, 0.29) is 0 Å². The van der Waals surface area contributed by atoms with Gasteiger partial charge in [0.2, 0.25) is 0 Å². The molecule has 0 amide bonds. The predicted molar refractivity (Wildman–Crippen MR) is 79.8 cm³/mol. The predicted octanol–water partition coefficient (Wildman–Crippen LogP) is 0.787. The topological polar surface area (TPSA) is 81.1 Å². The van der Waals surface area contributed by atoms with Gasteiger partial charge in [-0.25, -0.2) is 9.59 Å². The molecular formula is C11H22N2O4S2. The second kappa shape index (κ2) is 9.46. The minimum absolute atomic E-state index is 0.838. The van der Waals surface area contributed by atoms with Gasteiger partial charge in [-0.2, -0.15) is 0 Å². The van der Waals surface area contributed by atoms with Crippen LogP contribution in [0.15, 0.2) is 0 Å². The van der Waals surface area contributed by atoms with E-state index in [0.717, 1.165) is 10.5 Å². The van der Waals surface area contributed by atoms with Crippen LogP contribution < -0.4 is 0 Å². The van der Waals surface area contributed by atoms with E-state index in [1.165, 1.54) is 19.5 Å². The van der Waals surface area contributed by atoms with Crippen LogP contribution in [0.2, 0.25) is 0 Å². The third-order valence-electron chi connectivity index (χ3n) is 2.17. The first kappa shape index (κ1) is 18.6. The first-order valence-electron chi connectivity index (χ1n) is 5.80. The first-order chi connectivity index (χ1) is 8.72. The highest BCUT2D eigenvalue weighted by Crippen LogP contribution is 2.43. The number of carboxylic acid groups (broad SMARTS) is 2. The number of carbonyl (C=O) groups is 2. The van der Waals surface area contributed by atoms with Crippen LogP contribution >= 0.6 is 21.6 Å². The Labute approximate surface area is 121 Å². The third kappa shape index (κ3) is 10.1. The highest BCUT2D eigenvalue weighted by molar-refractivity contribution is 8.77. The molecule has 0 aliphatic carbocycles. The second-order valence-electron chi connectivity index (χ2n) is 4.81. The average Bonchev–Trinajstić information content (AvgIpc) is 2.64. The fourth-order valence-electron chi connectivity index (χ4n) is 1.55. The van der Waals surface area contributed by atoms with Crippen molar-refractivity contribution in [2.45, 2.75) is 16.9 Å². The molecule has 1 rings (SSSR count). The molecule has 1 fully saturated rings. The Balaban J connectivity index is 0.000000459. The van der Waals surface area contributed by atoms with Crippen molar-refractivity contribution in [3.05, 3.63) is 0 Å². The zero-order valence-electron chi connectivity index (χ0n) is 11.7. The highest BCUT2D eigenvalue weighted by atomic mass is 33.1. The molecule has 2 atom stereocenters. The highest BCUT2D eigenvalue weighted by Gasteiger charge is 2.26. The first-order valence-corrected chi connectivity index (χ1v) is 8.07. The van der Waals surface area contributed by atoms with Crippen LogP contribution in [0.5, 0.6) is 0 Å². The molecule has 1 aliphatic heterocycles. The van der Waals surface area contributed by atoms with E-state index in [1.807, 2.05) is 0 Å². The van der Waals surface area contributed by atoms with Crippen LogP contribution in [0, 0.1) is 0 Å². The SMILES string of the molecule is CN(C)C[C@H]1C[C@@H](CN(C)C)SS1.O=C(O)C(=O)O. The molecular weight excluding hydrogens is 288 g/mol. The van der Waals surface area contributed by atoms with Gasteiger partial charge in [-0.05, 0) is 34.6 Å². The van der Waals surface area contributed by atoms with Gasteiger partial charge in [-0.3, -0.25) is 0 Å². The summed E-state index contributed by atoms with van der Waals surface area (Å²) in [6, 6.07) is 0. The van der Waals surface area contributed by atoms with Gasteiger partial charge in [0.1, 0.15) is 0 Å². The lowest BCUT2D eigenvalue weighted by molar-refractivity contribution is -0.159. The van der Waals surface area contributed by atoms with Crippen molar-refractivity contribution in [2.24, 2.45) is 0 Å². The summed E-state index contributed by atoms with van der Waals surface area (Å²) in [5.41, 5.74) is 0. The molecule has 6 nitrogen and oxygen atoms in total. The van der Waals surface area contributed by atoms with Crippen LogP contribution in [0.4, 0.5) is 0 Å². The number of carboxylic acids is 2. The summed E-state index contributed by atoms with van der Waals surface area (Å²) in [4.78, 5) is 22.8. The van der Waals surface area contributed by atoms with Gasteiger partial charge in [-0.1, -0.05) is 21.6 Å². The van der Waals surface area contributed by atoms with Gasteiger partial charge in [0.25, 0.3) is 0 Å². The fourth-order valence-corrected chi connectivity index (χ4v) is 5.11. The van der Waals surface area contributed by atoms with Crippen LogP contribution in [0.25, 0.3) is 0 Å². The summed E-state index contributed by atoms with van der Waals surface area (Å²) >= 11 is 0. The molecule has 0 bridgehead atoms. The smallest absolute Gasteiger partial charge is 0.414 e. The van der Waals surface area contributed by atoms with E-state index >= 15 is 0 Å². The van der Waals surface area contributed by atoms with Gasteiger partial charge >= 0.3 is 11.9 Å². The Bertz CT molecular complexity index is 272. The Morgan fingerprint density at radius 1 is 0.947 bits per heavy atom. The van der Waals surface area contributed by atoms with Gasteiger partial charge in [0, 0.05) is 23.6 Å². The number of nitrogens with zero attached hydrogens (tertiary/aromatic N) is 2. The quantitative estimate of drug-likeness (QED) is 0.583. The number of hydrogen-bond donors (Lipinski definition) is 2. The molecule has 1 aliphatic rings. The zero-order valence-corrected chi connectivity index (χ0v) is 13.3. The summed E-state index contributed by atoms with van der Waals surface area (Å²) < 4.78 is 0. The third-order valence-corrected chi connectivity index (χ3v) is 5.48. The van der Waals surface area contributed by atoms with Crippen LogP contribution in [-0.4, -0.2) is 83.7 Å². The molecule has 0 saturated carbocycles. The maximum atomic E-state index is 9.10. The normalized spacial score (nSPS) is 22.2.